The zero-order valence-corrected chi connectivity index (χ0v) is 43.3. The fraction of sp³-hybridized carbons (Fsp3) is 0.138. The molecule has 0 atom stereocenters. The molecule has 0 bridgehead atoms. The van der Waals surface area contributed by atoms with Crippen LogP contribution >= 0.6 is 31.7 Å². The van der Waals surface area contributed by atoms with Crippen molar-refractivity contribution in [3.05, 3.63) is 243 Å². The molecule has 8 rings (SSSR count). The van der Waals surface area contributed by atoms with Gasteiger partial charge in [-0.25, -0.2) is 0 Å². The standard InChI is InChI=1S/2C27H26P2.2C2H4O2.Pd/c2*1-5-14-24(15-6-1)28(25-16-7-2-8-17-25)22-13-23-29(26-18-9-3-10-19-26)27-20-11-4-12-21-27;2*1-2(3)4;/h2*1-12,14-21H,13,22-23H2;2*1H3,(H,3,4);. The van der Waals surface area contributed by atoms with E-state index in [4.69, 9.17) is 19.8 Å². The van der Waals surface area contributed by atoms with Crippen LogP contribution in [0.25, 0.3) is 0 Å². The molecule has 0 aromatic heterocycles. The average molecular weight is 1050 g/mol. The summed E-state index contributed by atoms with van der Waals surface area (Å²) in [6.07, 6.45) is 7.43. The Kier molecular flexibility index (Phi) is 26.1. The van der Waals surface area contributed by atoms with Gasteiger partial charge in [0.15, 0.2) is 0 Å². The molecule has 0 radical (unpaired) electrons. The number of carboxylic acids is 2. The normalized spacial score (nSPS) is 10.4. The number of hydrogen-bond acceptors (Lipinski definition) is 2. The summed E-state index contributed by atoms with van der Waals surface area (Å²) in [5.74, 6) is -1.67. The van der Waals surface area contributed by atoms with E-state index in [1.54, 1.807) is 0 Å². The molecule has 0 aliphatic carbocycles. The van der Waals surface area contributed by atoms with Gasteiger partial charge in [-0.1, -0.05) is 243 Å². The molecule has 0 saturated carbocycles. The van der Waals surface area contributed by atoms with Crippen LogP contribution in [-0.4, -0.2) is 46.8 Å². The van der Waals surface area contributed by atoms with Gasteiger partial charge in [0, 0.05) is 34.3 Å². The third-order valence-electron chi connectivity index (χ3n) is 10.1. The van der Waals surface area contributed by atoms with E-state index >= 15 is 0 Å². The van der Waals surface area contributed by atoms with Gasteiger partial charge in [-0.15, -0.1) is 0 Å². The Morgan fingerprint density at radius 3 is 0.493 bits per heavy atom. The molecular formula is C58H60O4P4Pd. The molecule has 67 heavy (non-hydrogen) atoms. The molecule has 2 N–H and O–H groups in total. The number of aliphatic carboxylic acids is 2. The first-order valence-corrected chi connectivity index (χ1v) is 28.3. The van der Waals surface area contributed by atoms with Crippen molar-refractivity contribution in [3.8, 4) is 0 Å². The third kappa shape index (κ3) is 20.1. The van der Waals surface area contributed by atoms with E-state index in [0.29, 0.717) is 0 Å². The van der Waals surface area contributed by atoms with Gasteiger partial charge in [-0.05, 0) is 112 Å². The summed E-state index contributed by atoms with van der Waals surface area (Å²) in [7, 11) is -1.24. The van der Waals surface area contributed by atoms with E-state index in [2.05, 4.69) is 243 Å². The van der Waals surface area contributed by atoms with Gasteiger partial charge in [0.1, 0.15) is 0 Å². The van der Waals surface area contributed by atoms with E-state index in [1.165, 1.54) is 79.9 Å². The Labute approximate surface area is 417 Å². The van der Waals surface area contributed by atoms with Crippen LogP contribution in [0.2, 0.25) is 0 Å². The van der Waals surface area contributed by atoms with Gasteiger partial charge in [0.05, 0.1) is 0 Å². The van der Waals surface area contributed by atoms with Gasteiger partial charge in [-0.3, -0.25) is 9.59 Å². The van der Waals surface area contributed by atoms with Crippen molar-refractivity contribution in [3.63, 3.8) is 0 Å². The Balaban J connectivity index is 0.000000249. The van der Waals surface area contributed by atoms with Crippen LogP contribution in [0.3, 0.4) is 0 Å². The molecule has 346 valence electrons. The maximum absolute atomic E-state index is 9.00. The van der Waals surface area contributed by atoms with Crippen LogP contribution in [0.4, 0.5) is 0 Å². The van der Waals surface area contributed by atoms with E-state index in [0.717, 1.165) is 13.8 Å². The summed E-state index contributed by atoms with van der Waals surface area (Å²) in [5.41, 5.74) is 0. The maximum atomic E-state index is 9.00. The number of carboxylic acid groups (broad SMARTS) is 2. The minimum atomic E-state index is -0.833. The SMILES string of the molecule is CC(=O)O.CC(=O)O.[Pd].c1ccc(P(CCCP(c2ccccc2)c2ccccc2)c2ccccc2)cc1.c1ccc(P(CCCP(c2ccccc2)c2ccccc2)c2ccccc2)cc1. The van der Waals surface area contributed by atoms with E-state index in [1.807, 2.05) is 0 Å². The Hall–Kier alpha value is -4.92. The predicted octanol–water partition coefficient (Wildman–Crippen LogP) is 11.5. The molecule has 0 fully saturated rings. The van der Waals surface area contributed by atoms with Gasteiger partial charge in [0.2, 0.25) is 0 Å². The maximum Gasteiger partial charge on any atom is 0.300 e. The molecule has 9 heteroatoms. The number of carbonyl (C=O) groups is 2. The zero-order chi connectivity index (χ0) is 46.6. The summed E-state index contributed by atoms with van der Waals surface area (Å²) < 4.78 is 0. The van der Waals surface area contributed by atoms with Gasteiger partial charge >= 0.3 is 0 Å². The van der Waals surface area contributed by atoms with E-state index in [9.17, 15) is 0 Å². The number of hydrogen-bond donors (Lipinski definition) is 2. The Bertz CT molecular complexity index is 2000. The molecular weight excluding hydrogens is 991 g/mol. The van der Waals surface area contributed by atoms with Gasteiger partial charge < -0.3 is 10.2 Å². The minimum absolute atomic E-state index is 0. The quantitative estimate of drug-likeness (QED) is 0.0747. The van der Waals surface area contributed by atoms with Crippen LogP contribution in [0.15, 0.2) is 243 Å². The van der Waals surface area contributed by atoms with Crippen molar-refractivity contribution < 1.29 is 40.2 Å². The first-order valence-electron chi connectivity index (χ1n) is 22.2. The molecule has 0 unspecified atom stereocenters. The molecule has 0 saturated heterocycles. The summed E-state index contributed by atoms with van der Waals surface area (Å²) >= 11 is 0. The van der Waals surface area contributed by atoms with Crippen molar-refractivity contribution in [2.45, 2.75) is 26.7 Å². The number of benzene rings is 8. The second-order valence-corrected chi connectivity index (χ2v) is 24.4. The molecule has 4 nitrogen and oxygen atoms in total. The smallest absolute Gasteiger partial charge is 0.300 e. The molecule has 0 aliphatic heterocycles. The van der Waals surface area contributed by atoms with Gasteiger partial charge in [-0.2, -0.15) is 0 Å². The van der Waals surface area contributed by atoms with Crippen molar-refractivity contribution in [2.75, 3.05) is 24.6 Å². The molecule has 8 aromatic carbocycles. The fourth-order valence-electron chi connectivity index (χ4n) is 7.27. The monoisotopic (exact) mass is 1050 g/mol. The van der Waals surface area contributed by atoms with E-state index in [-0.39, 0.29) is 52.1 Å². The van der Waals surface area contributed by atoms with Crippen molar-refractivity contribution in [1.29, 1.82) is 0 Å². The fourth-order valence-corrected chi connectivity index (χ4v) is 17.2. The Morgan fingerprint density at radius 1 is 0.284 bits per heavy atom. The molecule has 8 aromatic rings. The summed E-state index contributed by atoms with van der Waals surface area (Å²) in [6, 6.07) is 88.6. The summed E-state index contributed by atoms with van der Waals surface area (Å²) in [4.78, 5) is 18.0. The largest absolute Gasteiger partial charge is 0.481 e. The van der Waals surface area contributed by atoms with Crippen LogP contribution in [0.1, 0.15) is 26.7 Å². The van der Waals surface area contributed by atoms with Gasteiger partial charge in [0.25, 0.3) is 11.9 Å². The summed E-state index contributed by atoms with van der Waals surface area (Å²) in [5, 5.41) is 26.7. The average Bonchev–Trinajstić information content (AvgIpc) is 3.36. The van der Waals surface area contributed by atoms with Crippen LogP contribution in [0, 0.1) is 0 Å². The van der Waals surface area contributed by atoms with Crippen molar-refractivity contribution in [1.82, 2.24) is 0 Å². The van der Waals surface area contributed by atoms with E-state index < -0.39 is 11.9 Å². The number of rotatable bonds is 16. The zero-order valence-electron chi connectivity index (χ0n) is 38.2. The topological polar surface area (TPSA) is 74.6 Å². The minimum Gasteiger partial charge on any atom is -0.481 e. The molecule has 0 spiro atoms. The molecule has 0 amide bonds. The van der Waals surface area contributed by atoms with Crippen LogP contribution < -0.4 is 42.4 Å². The second kappa shape index (κ2) is 31.9. The van der Waals surface area contributed by atoms with Crippen LogP contribution in [-0.2, 0) is 30.0 Å². The third-order valence-corrected chi connectivity index (χ3v) is 20.5. The second-order valence-electron chi connectivity index (χ2n) is 15.0. The predicted molar refractivity (Wildman–Crippen MR) is 292 cm³/mol. The first-order chi connectivity index (χ1) is 32.3. The van der Waals surface area contributed by atoms with Crippen molar-refractivity contribution >= 4 is 86.1 Å². The molecule has 0 heterocycles. The first kappa shape index (κ1) is 54.7. The Morgan fingerprint density at radius 2 is 0.388 bits per heavy atom. The van der Waals surface area contributed by atoms with Crippen LogP contribution in [0.5, 0.6) is 0 Å². The van der Waals surface area contributed by atoms with Crippen molar-refractivity contribution in [2.24, 2.45) is 0 Å². The molecule has 0 aliphatic rings. The summed E-state index contributed by atoms with van der Waals surface area (Å²) in [6.45, 7) is 2.17.